The number of hydrogen-bond acceptors (Lipinski definition) is 2. The Morgan fingerprint density at radius 2 is 1.30 bits per heavy atom. The lowest BCUT2D eigenvalue weighted by Gasteiger charge is -2.14. The minimum absolute atomic E-state index is 0.910. The van der Waals surface area contributed by atoms with Crippen LogP contribution in [-0.2, 0) is 0 Å². The van der Waals surface area contributed by atoms with Crippen LogP contribution in [0.15, 0.2) is 103 Å². The zero-order chi connectivity index (χ0) is 21.5. The molecule has 0 N–H and O–H groups in total. The van der Waals surface area contributed by atoms with Gasteiger partial charge in [-0.1, -0.05) is 60.7 Å². The Morgan fingerprint density at radius 1 is 0.515 bits per heavy atom. The van der Waals surface area contributed by atoms with Crippen LogP contribution in [0, 0.1) is 0 Å². The van der Waals surface area contributed by atoms with Crippen molar-refractivity contribution < 1.29 is 0 Å². The summed E-state index contributed by atoms with van der Waals surface area (Å²) in [5, 5.41) is 6.23. The molecule has 3 heterocycles. The average Bonchev–Trinajstić information content (AvgIpc) is 3.18. The Balaban J connectivity index is 1.79. The second kappa shape index (κ2) is 6.05. The lowest BCUT2D eigenvalue weighted by Crippen LogP contribution is -1.98. The minimum atomic E-state index is 0.910. The Morgan fingerprint density at radius 3 is 2.18 bits per heavy atom. The third kappa shape index (κ3) is 2.09. The molecule has 0 saturated heterocycles. The maximum Gasteiger partial charge on any atom is 0.137 e. The fourth-order valence-electron chi connectivity index (χ4n) is 5.72. The van der Waals surface area contributed by atoms with Gasteiger partial charge in [0, 0.05) is 28.6 Å². The number of nitrogens with zero attached hydrogens (tertiary/aromatic N) is 3. The van der Waals surface area contributed by atoms with Gasteiger partial charge >= 0.3 is 0 Å². The van der Waals surface area contributed by atoms with Crippen molar-refractivity contribution in [2.45, 2.75) is 0 Å². The summed E-state index contributed by atoms with van der Waals surface area (Å²) in [7, 11) is 0. The molecule has 4 aromatic carbocycles. The highest BCUT2D eigenvalue weighted by Gasteiger charge is 2.26. The molecular formula is C30H17N3. The van der Waals surface area contributed by atoms with Crippen molar-refractivity contribution in [1.82, 2.24) is 14.5 Å². The first kappa shape index (κ1) is 17.1. The maximum absolute atomic E-state index is 4.87. The zero-order valence-electron chi connectivity index (χ0n) is 17.7. The lowest BCUT2D eigenvalue weighted by atomic mass is 9.93. The van der Waals surface area contributed by atoms with E-state index >= 15 is 0 Å². The molecule has 0 bridgehead atoms. The Kier molecular flexibility index (Phi) is 3.14. The Bertz CT molecular complexity index is 1910. The summed E-state index contributed by atoms with van der Waals surface area (Å²) in [6, 6.07) is 32.5. The Hall–Kier alpha value is -4.50. The van der Waals surface area contributed by atoms with E-state index in [1.165, 1.54) is 43.8 Å². The standard InChI is InChI=1S/C30H17N3/c1-2-10-21-20(9-1)22-11-5-7-18-13-14-24-28(26(18)22)27-23(21)17-19-8-6-16-32-29(19)30(27)33(24)25-12-3-4-15-31-25/h1-17H. The summed E-state index contributed by atoms with van der Waals surface area (Å²) in [6.45, 7) is 0. The van der Waals surface area contributed by atoms with Crippen molar-refractivity contribution in [1.29, 1.82) is 0 Å². The second-order valence-electron chi connectivity index (χ2n) is 8.66. The van der Waals surface area contributed by atoms with Crippen LogP contribution in [0.2, 0.25) is 0 Å². The predicted octanol–water partition coefficient (Wildman–Crippen LogP) is 7.53. The quantitative estimate of drug-likeness (QED) is 0.275. The molecule has 33 heavy (non-hydrogen) atoms. The number of pyridine rings is 2. The molecule has 152 valence electrons. The number of hydrogen-bond donors (Lipinski definition) is 0. The summed E-state index contributed by atoms with van der Waals surface area (Å²) in [5.41, 5.74) is 8.36. The highest BCUT2D eigenvalue weighted by molar-refractivity contribution is 6.33. The van der Waals surface area contributed by atoms with Crippen LogP contribution < -0.4 is 0 Å². The van der Waals surface area contributed by atoms with E-state index in [2.05, 4.69) is 77.4 Å². The van der Waals surface area contributed by atoms with Gasteiger partial charge in [0.2, 0.25) is 0 Å². The van der Waals surface area contributed by atoms with Crippen molar-refractivity contribution in [3.63, 3.8) is 0 Å². The number of aromatic nitrogens is 3. The molecule has 0 radical (unpaired) electrons. The molecule has 7 aromatic rings. The fourth-order valence-corrected chi connectivity index (χ4v) is 5.72. The maximum atomic E-state index is 4.87. The number of rotatable bonds is 1. The molecule has 3 heteroatoms. The number of fused-ring (bicyclic) bond motifs is 5. The van der Waals surface area contributed by atoms with Crippen LogP contribution in [0.1, 0.15) is 0 Å². The first-order valence-electron chi connectivity index (χ1n) is 11.2. The second-order valence-corrected chi connectivity index (χ2v) is 8.66. The summed E-state index contributed by atoms with van der Waals surface area (Å²) >= 11 is 0. The van der Waals surface area contributed by atoms with Crippen molar-refractivity contribution in [3.05, 3.63) is 103 Å². The van der Waals surface area contributed by atoms with Crippen molar-refractivity contribution >= 4 is 43.5 Å². The third-order valence-electron chi connectivity index (χ3n) is 6.99. The van der Waals surface area contributed by atoms with E-state index < -0.39 is 0 Å². The largest absolute Gasteiger partial charge is 0.292 e. The normalized spacial score (nSPS) is 12.2. The van der Waals surface area contributed by atoms with Gasteiger partial charge in [0.1, 0.15) is 5.82 Å². The molecule has 1 aliphatic rings. The summed E-state index contributed by atoms with van der Waals surface area (Å²) < 4.78 is 2.30. The van der Waals surface area contributed by atoms with E-state index in [1.54, 1.807) is 0 Å². The molecular weight excluding hydrogens is 402 g/mol. The van der Waals surface area contributed by atoms with Crippen molar-refractivity contribution in [2.24, 2.45) is 0 Å². The van der Waals surface area contributed by atoms with Gasteiger partial charge in [-0.2, -0.15) is 0 Å². The van der Waals surface area contributed by atoms with Gasteiger partial charge in [0.05, 0.1) is 16.6 Å². The van der Waals surface area contributed by atoms with E-state index in [1.807, 2.05) is 30.6 Å². The van der Waals surface area contributed by atoms with E-state index in [0.29, 0.717) is 0 Å². The first-order valence-corrected chi connectivity index (χ1v) is 11.2. The molecule has 1 aliphatic carbocycles. The molecule has 3 nitrogen and oxygen atoms in total. The van der Waals surface area contributed by atoms with Gasteiger partial charge in [0.25, 0.3) is 0 Å². The van der Waals surface area contributed by atoms with E-state index in [0.717, 1.165) is 27.8 Å². The van der Waals surface area contributed by atoms with E-state index in [-0.39, 0.29) is 0 Å². The van der Waals surface area contributed by atoms with Gasteiger partial charge in [0.15, 0.2) is 0 Å². The Labute approximate surface area is 189 Å². The van der Waals surface area contributed by atoms with Crippen LogP contribution in [0.4, 0.5) is 0 Å². The summed E-state index contributed by atoms with van der Waals surface area (Å²) in [6.07, 6.45) is 3.75. The highest BCUT2D eigenvalue weighted by Crippen LogP contribution is 2.50. The van der Waals surface area contributed by atoms with Gasteiger partial charge in [-0.15, -0.1) is 0 Å². The monoisotopic (exact) mass is 419 g/mol. The smallest absolute Gasteiger partial charge is 0.137 e. The minimum Gasteiger partial charge on any atom is -0.292 e. The summed E-state index contributed by atoms with van der Waals surface area (Å²) in [4.78, 5) is 9.63. The van der Waals surface area contributed by atoms with Gasteiger partial charge in [-0.05, 0) is 63.4 Å². The molecule has 0 spiro atoms. The molecule has 0 aliphatic heterocycles. The molecule has 0 unspecified atom stereocenters. The molecule has 0 amide bonds. The molecule has 8 rings (SSSR count). The summed E-state index contributed by atoms with van der Waals surface area (Å²) in [5.74, 6) is 0.910. The van der Waals surface area contributed by atoms with Crippen LogP contribution >= 0.6 is 0 Å². The van der Waals surface area contributed by atoms with Crippen LogP contribution in [0.5, 0.6) is 0 Å². The van der Waals surface area contributed by atoms with E-state index in [4.69, 9.17) is 9.97 Å². The zero-order valence-corrected chi connectivity index (χ0v) is 17.7. The molecule has 3 aromatic heterocycles. The SMILES string of the molecule is c1ccc(-n2c3ccc4cccc5c4c3c3c(cc4cccnc4c32)-c2ccccc2-5)nc1. The molecule has 0 saturated carbocycles. The molecule has 0 atom stereocenters. The first-order chi connectivity index (χ1) is 16.4. The average molecular weight is 419 g/mol. The topological polar surface area (TPSA) is 30.7 Å². The van der Waals surface area contributed by atoms with Gasteiger partial charge < -0.3 is 0 Å². The third-order valence-corrected chi connectivity index (χ3v) is 6.99. The van der Waals surface area contributed by atoms with Crippen molar-refractivity contribution in [2.75, 3.05) is 0 Å². The van der Waals surface area contributed by atoms with Crippen LogP contribution in [0.3, 0.4) is 0 Å². The molecule has 0 fully saturated rings. The number of benzene rings is 4. The van der Waals surface area contributed by atoms with Crippen LogP contribution in [-0.4, -0.2) is 14.5 Å². The van der Waals surface area contributed by atoms with Gasteiger partial charge in [-0.25, -0.2) is 4.98 Å². The van der Waals surface area contributed by atoms with E-state index in [9.17, 15) is 0 Å². The lowest BCUT2D eigenvalue weighted by molar-refractivity contribution is 1.08. The van der Waals surface area contributed by atoms with Gasteiger partial charge in [-0.3, -0.25) is 9.55 Å². The van der Waals surface area contributed by atoms with Crippen molar-refractivity contribution in [3.8, 4) is 28.1 Å². The fraction of sp³-hybridized carbons (Fsp3) is 0. The highest BCUT2D eigenvalue weighted by atomic mass is 15.1. The van der Waals surface area contributed by atoms with Crippen LogP contribution in [0.25, 0.3) is 71.6 Å². The predicted molar refractivity (Wildman–Crippen MR) is 136 cm³/mol.